The number of hydrogen-bond acceptors (Lipinski definition) is 7. The molecule has 3 aromatic rings. The Morgan fingerprint density at radius 1 is 1.20 bits per heavy atom. The van der Waals surface area contributed by atoms with Crippen LogP contribution in [0.3, 0.4) is 0 Å². The molecule has 2 aromatic heterocycles. The number of anilines is 3. The van der Waals surface area contributed by atoms with Crippen LogP contribution in [0.5, 0.6) is 5.75 Å². The summed E-state index contributed by atoms with van der Waals surface area (Å²) < 4.78 is 33.8. The fourth-order valence-electron chi connectivity index (χ4n) is 4.22. The first-order chi connectivity index (χ1) is 16.8. The van der Waals surface area contributed by atoms with Gasteiger partial charge in [-0.05, 0) is 23.8 Å². The van der Waals surface area contributed by atoms with Gasteiger partial charge in [-0.3, -0.25) is 4.79 Å². The van der Waals surface area contributed by atoms with Crippen molar-refractivity contribution in [1.29, 1.82) is 0 Å². The predicted octanol–water partition coefficient (Wildman–Crippen LogP) is 4.56. The van der Waals surface area contributed by atoms with Crippen molar-refractivity contribution in [3.63, 3.8) is 0 Å². The molecule has 4 heterocycles. The first-order valence-electron chi connectivity index (χ1n) is 11.6. The van der Waals surface area contributed by atoms with Gasteiger partial charge in [0, 0.05) is 49.6 Å². The van der Waals surface area contributed by atoms with E-state index < -0.39 is 18.4 Å². The van der Waals surface area contributed by atoms with Gasteiger partial charge in [0.2, 0.25) is 0 Å². The lowest BCUT2D eigenvalue weighted by Gasteiger charge is -2.24. The minimum Gasteiger partial charge on any atom is -0.490 e. The third-order valence-electron chi connectivity index (χ3n) is 6.05. The second-order valence-corrected chi connectivity index (χ2v) is 9.01. The Morgan fingerprint density at radius 2 is 2.00 bits per heavy atom. The van der Waals surface area contributed by atoms with E-state index in [0.717, 1.165) is 17.0 Å². The second kappa shape index (κ2) is 9.09. The number of nitrogens with zero attached hydrogens (tertiary/aromatic N) is 4. The fraction of sp³-hybridized carbons (Fsp3) is 0.360. The quantitative estimate of drug-likeness (QED) is 0.553. The number of amides is 1. The molecule has 2 aliphatic rings. The number of alkyl halides is 2. The number of rotatable bonds is 5. The Labute approximate surface area is 201 Å². The molecule has 0 atom stereocenters. The number of pyridine rings is 1. The Balaban J connectivity index is 1.55. The van der Waals surface area contributed by atoms with Gasteiger partial charge in [-0.2, -0.15) is 0 Å². The standard InChI is InChI=1S/C25H26F2N6O2/c1-15(2)22-30-12-17(13-31-22)24(34)32-21-18(16-3-4-20-19(11-16)28-8-10-35-20)5-7-29-23(21)33-9-6-25(26,27)14-33/h3-5,7,11-13,15,28H,6,8-10,14H2,1-2H3,(H,32,34). The maximum Gasteiger partial charge on any atom is 0.266 e. The molecule has 0 bridgehead atoms. The molecular weight excluding hydrogens is 454 g/mol. The van der Waals surface area contributed by atoms with E-state index >= 15 is 0 Å². The van der Waals surface area contributed by atoms with Crippen LogP contribution < -0.4 is 20.3 Å². The highest BCUT2D eigenvalue weighted by Crippen LogP contribution is 2.41. The third kappa shape index (κ3) is 4.73. The Bertz CT molecular complexity index is 1250. The van der Waals surface area contributed by atoms with Crippen molar-refractivity contribution in [3.8, 4) is 16.9 Å². The van der Waals surface area contributed by atoms with Gasteiger partial charge < -0.3 is 20.3 Å². The second-order valence-electron chi connectivity index (χ2n) is 9.01. The lowest BCUT2D eigenvalue weighted by molar-refractivity contribution is 0.0257. The van der Waals surface area contributed by atoms with Crippen LogP contribution in [0.15, 0.2) is 42.9 Å². The zero-order chi connectivity index (χ0) is 24.6. The van der Waals surface area contributed by atoms with Gasteiger partial charge in [0.15, 0.2) is 5.82 Å². The molecule has 182 valence electrons. The molecule has 5 rings (SSSR count). The molecule has 2 aliphatic heterocycles. The third-order valence-corrected chi connectivity index (χ3v) is 6.05. The van der Waals surface area contributed by atoms with Crippen LogP contribution in [0.25, 0.3) is 11.1 Å². The van der Waals surface area contributed by atoms with Crippen molar-refractivity contribution in [1.82, 2.24) is 15.0 Å². The lowest BCUT2D eigenvalue weighted by Crippen LogP contribution is -2.27. The van der Waals surface area contributed by atoms with Crippen molar-refractivity contribution in [2.45, 2.75) is 32.1 Å². The first kappa shape index (κ1) is 22.9. The largest absolute Gasteiger partial charge is 0.490 e. The van der Waals surface area contributed by atoms with E-state index in [9.17, 15) is 13.6 Å². The topological polar surface area (TPSA) is 92.3 Å². The maximum absolute atomic E-state index is 14.1. The number of fused-ring (bicyclic) bond motifs is 1. The summed E-state index contributed by atoms with van der Waals surface area (Å²) in [6.07, 6.45) is 4.24. The minimum absolute atomic E-state index is 0.127. The molecule has 0 unspecified atom stereocenters. The summed E-state index contributed by atoms with van der Waals surface area (Å²) in [5, 5.41) is 6.21. The van der Waals surface area contributed by atoms with Crippen LogP contribution in [0, 0.1) is 0 Å². The SMILES string of the molecule is CC(C)c1ncc(C(=O)Nc2c(-c3ccc4c(c3)NCCO4)ccnc2N2CCC(F)(F)C2)cn1. The van der Waals surface area contributed by atoms with Gasteiger partial charge in [0.1, 0.15) is 18.2 Å². The number of hydrogen-bond donors (Lipinski definition) is 2. The van der Waals surface area contributed by atoms with E-state index in [1.54, 1.807) is 12.3 Å². The molecular formula is C25H26F2N6O2. The molecule has 0 aliphatic carbocycles. The molecule has 0 spiro atoms. The number of carbonyl (C=O) groups excluding carboxylic acids is 1. The molecule has 1 fully saturated rings. The molecule has 10 heteroatoms. The lowest BCUT2D eigenvalue weighted by atomic mass is 10.0. The first-order valence-corrected chi connectivity index (χ1v) is 11.6. The van der Waals surface area contributed by atoms with E-state index in [2.05, 4.69) is 25.6 Å². The summed E-state index contributed by atoms with van der Waals surface area (Å²) >= 11 is 0. The molecule has 1 amide bonds. The molecule has 0 saturated carbocycles. The number of nitrogens with one attached hydrogen (secondary N) is 2. The van der Waals surface area contributed by atoms with Crippen molar-refractivity contribution < 1.29 is 18.3 Å². The summed E-state index contributed by atoms with van der Waals surface area (Å²) in [6, 6.07) is 7.41. The molecule has 0 radical (unpaired) electrons. The highest BCUT2D eigenvalue weighted by molar-refractivity contribution is 6.08. The van der Waals surface area contributed by atoms with E-state index in [4.69, 9.17) is 4.74 Å². The van der Waals surface area contributed by atoms with Crippen LogP contribution >= 0.6 is 0 Å². The monoisotopic (exact) mass is 480 g/mol. The van der Waals surface area contributed by atoms with E-state index in [-0.39, 0.29) is 24.4 Å². The summed E-state index contributed by atoms with van der Waals surface area (Å²) in [6.45, 7) is 4.86. The van der Waals surface area contributed by atoms with Gasteiger partial charge in [0.25, 0.3) is 11.8 Å². The average Bonchev–Trinajstić information content (AvgIpc) is 3.23. The summed E-state index contributed by atoms with van der Waals surface area (Å²) in [5.74, 6) is -1.46. The van der Waals surface area contributed by atoms with Crippen molar-refractivity contribution >= 4 is 23.1 Å². The van der Waals surface area contributed by atoms with Crippen LogP contribution in [-0.2, 0) is 0 Å². The summed E-state index contributed by atoms with van der Waals surface area (Å²) in [4.78, 5) is 27.6. The normalized spacial score (nSPS) is 16.4. The van der Waals surface area contributed by atoms with Crippen molar-refractivity contribution in [2.24, 2.45) is 0 Å². The minimum atomic E-state index is -2.81. The number of aromatic nitrogens is 3. The molecule has 2 N–H and O–H groups in total. The highest BCUT2D eigenvalue weighted by Gasteiger charge is 2.40. The van der Waals surface area contributed by atoms with Gasteiger partial charge >= 0.3 is 0 Å². The van der Waals surface area contributed by atoms with Gasteiger partial charge in [-0.1, -0.05) is 19.9 Å². The maximum atomic E-state index is 14.1. The van der Waals surface area contributed by atoms with E-state index in [1.807, 2.05) is 32.0 Å². The molecule has 1 saturated heterocycles. The van der Waals surface area contributed by atoms with Crippen LogP contribution in [0.1, 0.15) is 42.4 Å². The van der Waals surface area contributed by atoms with Crippen LogP contribution in [0.2, 0.25) is 0 Å². The zero-order valence-electron chi connectivity index (χ0n) is 19.5. The molecule has 35 heavy (non-hydrogen) atoms. The van der Waals surface area contributed by atoms with Gasteiger partial charge in [-0.15, -0.1) is 0 Å². The highest BCUT2D eigenvalue weighted by atomic mass is 19.3. The Morgan fingerprint density at radius 3 is 2.71 bits per heavy atom. The number of carbonyl (C=O) groups is 1. The van der Waals surface area contributed by atoms with Gasteiger partial charge in [-0.25, -0.2) is 23.7 Å². The summed E-state index contributed by atoms with van der Waals surface area (Å²) in [5.41, 5.74) is 2.91. The van der Waals surface area contributed by atoms with Gasteiger partial charge in [0.05, 0.1) is 23.5 Å². The Hall–Kier alpha value is -3.82. The van der Waals surface area contributed by atoms with Crippen LogP contribution in [-0.4, -0.2) is 53.0 Å². The Kier molecular flexibility index (Phi) is 5.96. The summed E-state index contributed by atoms with van der Waals surface area (Å²) in [7, 11) is 0. The van der Waals surface area contributed by atoms with E-state index in [0.29, 0.717) is 36.0 Å². The zero-order valence-corrected chi connectivity index (χ0v) is 19.5. The van der Waals surface area contributed by atoms with E-state index in [1.165, 1.54) is 17.3 Å². The smallest absolute Gasteiger partial charge is 0.266 e. The number of halogens is 2. The molecule has 8 nitrogen and oxygen atoms in total. The van der Waals surface area contributed by atoms with Crippen LogP contribution in [0.4, 0.5) is 26.0 Å². The average molecular weight is 481 g/mol. The predicted molar refractivity (Wildman–Crippen MR) is 130 cm³/mol. The number of ether oxygens (including phenoxy) is 1. The fourth-order valence-corrected chi connectivity index (χ4v) is 4.22. The number of benzene rings is 1. The van der Waals surface area contributed by atoms with Crippen molar-refractivity contribution in [3.05, 3.63) is 54.2 Å². The molecule has 1 aromatic carbocycles. The van der Waals surface area contributed by atoms with Crippen molar-refractivity contribution in [2.75, 3.05) is 41.8 Å².